The van der Waals surface area contributed by atoms with Gasteiger partial charge in [-0.25, -0.2) is 0 Å². The zero-order chi connectivity index (χ0) is 11.6. The third-order valence-corrected chi connectivity index (χ3v) is 2.41. The summed E-state index contributed by atoms with van der Waals surface area (Å²) in [7, 11) is 0. The highest BCUT2D eigenvalue weighted by atomic mass is 19.4. The maximum Gasteiger partial charge on any atom is 0.414 e. The summed E-state index contributed by atoms with van der Waals surface area (Å²) in [6, 6.07) is 6.67. The van der Waals surface area contributed by atoms with E-state index in [2.05, 4.69) is 0 Å². The first-order chi connectivity index (χ1) is 6.82. The molecule has 2 atom stereocenters. The summed E-state index contributed by atoms with van der Waals surface area (Å²) in [5, 5.41) is 9.05. The molecule has 0 saturated carbocycles. The second-order valence-electron chi connectivity index (χ2n) is 3.69. The Hall–Kier alpha value is -1.03. The van der Waals surface area contributed by atoms with E-state index in [1.165, 1.54) is 6.92 Å². The Balaban J connectivity index is 2.85. The average molecular weight is 218 g/mol. The van der Waals surface area contributed by atoms with E-state index in [9.17, 15) is 13.2 Å². The van der Waals surface area contributed by atoms with Crippen LogP contribution in [0.4, 0.5) is 13.2 Å². The fraction of sp³-hybridized carbons (Fsp3) is 0.455. The van der Waals surface area contributed by atoms with E-state index >= 15 is 0 Å². The minimum absolute atomic E-state index is 0.491. The Bertz CT molecular complexity index is 316. The largest absolute Gasteiger partial charge is 0.414 e. The first kappa shape index (κ1) is 12.0. The molecule has 0 aliphatic carbocycles. The van der Waals surface area contributed by atoms with Crippen molar-refractivity contribution in [2.75, 3.05) is 0 Å². The van der Waals surface area contributed by atoms with Gasteiger partial charge in [-0.2, -0.15) is 13.2 Å². The smallest absolute Gasteiger partial charge is 0.383 e. The van der Waals surface area contributed by atoms with Crippen LogP contribution in [-0.4, -0.2) is 17.4 Å². The van der Waals surface area contributed by atoms with Crippen molar-refractivity contribution in [2.45, 2.75) is 32.0 Å². The van der Waals surface area contributed by atoms with Gasteiger partial charge in [0.15, 0.2) is 6.10 Å². The van der Waals surface area contributed by atoms with Gasteiger partial charge in [0.1, 0.15) is 0 Å². The third-order valence-electron chi connectivity index (χ3n) is 2.41. The van der Waals surface area contributed by atoms with Crippen LogP contribution in [0.25, 0.3) is 0 Å². The van der Waals surface area contributed by atoms with Crippen molar-refractivity contribution in [3.05, 3.63) is 35.4 Å². The molecule has 2 unspecified atom stereocenters. The Morgan fingerprint density at radius 2 is 1.60 bits per heavy atom. The fourth-order valence-corrected chi connectivity index (χ4v) is 1.34. The fourth-order valence-electron chi connectivity index (χ4n) is 1.34. The van der Waals surface area contributed by atoms with Crippen LogP contribution < -0.4 is 0 Å². The summed E-state index contributed by atoms with van der Waals surface area (Å²) in [5.74, 6) is -0.939. The van der Waals surface area contributed by atoms with Crippen LogP contribution in [0.1, 0.15) is 24.0 Å². The lowest BCUT2D eigenvalue weighted by Crippen LogP contribution is -2.33. The molecule has 0 radical (unpaired) electrons. The van der Waals surface area contributed by atoms with Gasteiger partial charge in [0.2, 0.25) is 0 Å². The van der Waals surface area contributed by atoms with Gasteiger partial charge in [0, 0.05) is 5.92 Å². The lowest BCUT2D eigenvalue weighted by molar-refractivity contribution is -0.209. The SMILES string of the molecule is Cc1ccc(C(C)C(O)C(F)(F)F)cc1. The molecule has 0 bridgehead atoms. The molecule has 0 amide bonds. The molecule has 0 aliphatic rings. The van der Waals surface area contributed by atoms with Crippen molar-refractivity contribution in [2.24, 2.45) is 0 Å². The highest BCUT2D eigenvalue weighted by molar-refractivity contribution is 5.25. The number of halogens is 3. The molecule has 1 nitrogen and oxygen atoms in total. The van der Waals surface area contributed by atoms with Crippen LogP contribution in [0, 0.1) is 6.92 Å². The number of hydrogen-bond donors (Lipinski definition) is 1. The van der Waals surface area contributed by atoms with Crippen molar-refractivity contribution in [1.29, 1.82) is 0 Å². The molecule has 1 aromatic rings. The quantitative estimate of drug-likeness (QED) is 0.809. The van der Waals surface area contributed by atoms with Gasteiger partial charge in [-0.15, -0.1) is 0 Å². The summed E-state index contributed by atoms with van der Waals surface area (Å²) in [6.45, 7) is 3.22. The topological polar surface area (TPSA) is 20.2 Å². The number of hydrogen-bond acceptors (Lipinski definition) is 1. The number of aryl methyl sites for hydroxylation is 1. The van der Waals surface area contributed by atoms with Gasteiger partial charge >= 0.3 is 6.18 Å². The molecular weight excluding hydrogens is 205 g/mol. The normalized spacial score (nSPS) is 16.1. The predicted molar refractivity (Wildman–Crippen MR) is 51.7 cm³/mol. The molecule has 1 rings (SSSR count). The van der Waals surface area contributed by atoms with Crippen molar-refractivity contribution in [3.63, 3.8) is 0 Å². The van der Waals surface area contributed by atoms with E-state index in [0.29, 0.717) is 5.56 Å². The summed E-state index contributed by atoms with van der Waals surface area (Å²) in [4.78, 5) is 0. The minimum Gasteiger partial charge on any atom is -0.383 e. The molecule has 0 fully saturated rings. The maximum absolute atomic E-state index is 12.2. The number of alkyl halides is 3. The monoisotopic (exact) mass is 218 g/mol. The molecule has 0 heterocycles. The lowest BCUT2D eigenvalue weighted by atomic mass is 9.94. The molecule has 4 heteroatoms. The number of aliphatic hydroxyl groups is 1. The zero-order valence-corrected chi connectivity index (χ0v) is 8.55. The highest BCUT2D eigenvalue weighted by Gasteiger charge is 2.42. The van der Waals surface area contributed by atoms with Crippen LogP contribution >= 0.6 is 0 Å². The summed E-state index contributed by atoms with van der Waals surface area (Å²) < 4.78 is 36.6. The third kappa shape index (κ3) is 2.96. The summed E-state index contributed by atoms with van der Waals surface area (Å²) in [6.07, 6.45) is -6.87. The van der Waals surface area contributed by atoms with Gasteiger partial charge < -0.3 is 5.11 Å². The first-order valence-corrected chi connectivity index (χ1v) is 4.63. The van der Waals surface area contributed by atoms with Gasteiger partial charge in [-0.3, -0.25) is 0 Å². The van der Waals surface area contributed by atoms with E-state index in [1.54, 1.807) is 24.3 Å². The predicted octanol–water partition coefficient (Wildman–Crippen LogP) is 3.02. The van der Waals surface area contributed by atoms with Crippen LogP contribution in [0.3, 0.4) is 0 Å². The Kier molecular flexibility index (Phi) is 3.39. The summed E-state index contributed by atoms with van der Waals surface area (Å²) >= 11 is 0. The van der Waals surface area contributed by atoms with Crippen LogP contribution in [0.15, 0.2) is 24.3 Å². The molecule has 1 aromatic carbocycles. The van der Waals surface area contributed by atoms with E-state index in [1.807, 2.05) is 6.92 Å². The van der Waals surface area contributed by atoms with Crippen LogP contribution in [0.5, 0.6) is 0 Å². The second kappa shape index (κ2) is 4.23. The number of benzene rings is 1. The van der Waals surface area contributed by atoms with Crippen molar-refractivity contribution in [3.8, 4) is 0 Å². The first-order valence-electron chi connectivity index (χ1n) is 4.63. The molecule has 0 spiro atoms. The van der Waals surface area contributed by atoms with Gasteiger partial charge in [-0.05, 0) is 12.5 Å². The average Bonchev–Trinajstić information content (AvgIpc) is 2.15. The van der Waals surface area contributed by atoms with Crippen LogP contribution in [0.2, 0.25) is 0 Å². The summed E-state index contributed by atoms with van der Waals surface area (Å²) in [5.41, 5.74) is 1.47. The number of rotatable bonds is 2. The molecule has 84 valence electrons. The van der Waals surface area contributed by atoms with E-state index in [-0.39, 0.29) is 0 Å². The van der Waals surface area contributed by atoms with Gasteiger partial charge in [0.25, 0.3) is 0 Å². The minimum atomic E-state index is -4.57. The molecule has 0 saturated heterocycles. The maximum atomic E-state index is 12.2. The second-order valence-corrected chi connectivity index (χ2v) is 3.69. The standard InChI is InChI=1S/C11H13F3O/c1-7-3-5-9(6-4-7)8(2)10(15)11(12,13)14/h3-6,8,10,15H,1-2H3. The molecule has 0 aromatic heterocycles. The Morgan fingerprint density at radius 1 is 1.13 bits per heavy atom. The van der Waals surface area contributed by atoms with Gasteiger partial charge in [0.05, 0.1) is 0 Å². The van der Waals surface area contributed by atoms with Crippen LogP contribution in [-0.2, 0) is 0 Å². The van der Waals surface area contributed by atoms with Crippen molar-refractivity contribution < 1.29 is 18.3 Å². The van der Waals surface area contributed by atoms with E-state index in [4.69, 9.17) is 5.11 Å². The highest BCUT2D eigenvalue weighted by Crippen LogP contribution is 2.31. The van der Waals surface area contributed by atoms with E-state index in [0.717, 1.165) is 5.56 Å². The Morgan fingerprint density at radius 3 is 2.00 bits per heavy atom. The van der Waals surface area contributed by atoms with Crippen molar-refractivity contribution >= 4 is 0 Å². The van der Waals surface area contributed by atoms with Gasteiger partial charge in [-0.1, -0.05) is 36.8 Å². The van der Waals surface area contributed by atoms with E-state index < -0.39 is 18.2 Å². The zero-order valence-electron chi connectivity index (χ0n) is 8.55. The molecule has 15 heavy (non-hydrogen) atoms. The molecule has 0 aliphatic heterocycles. The Labute approximate surface area is 86.5 Å². The number of aliphatic hydroxyl groups excluding tert-OH is 1. The molecular formula is C11H13F3O. The molecule has 1 N–H and O–H groups in total. The van der Waals surface area contributed by atoms with Crippen molar-refractivity contribution in [1.82, 2.24) is 0 Å². The lowest BCUT2D eigenvalue weighted by Gasteiger charge is -2.21.